The number of rotatable bonds is 2. The van der Waals surface area contributed by atoms with E-state index in [4.69, 9.17) is 0 Å². The Kier molecular flexibility index (Phi) is 3.40. The van der Waals surface area contributed by atoms with Gasteiger partial charge >= 0.3 is 0 Å². The summed E-state index contributed by atoms with van der Waals surface area (Å²) in [5, 5.41) is 12.1. The van der Waals surface area contributed by atoms with Gasteiger partial charge in [0.15, 0.2) is 5.69 Å². The van der Waals surface area contributed by atoms with Gasteiger partial charge in [0, 0.05) is 11.4 Å². The quantitative estimate of drug-likeness (QED) is 0.897. The molecule has 1 aromatic heterocycles. The summed E-state index contributed by atoms with van der Waals surface area (Å²) in [7, 11) is 0. The van der Waals surface area contributed by atoms with Crippen molar-refractivity contribution in [3.8, 4) is 0 Å². The van der Waals surface area contributed by atoms with Crippen LogP contribution in [-0.4, -0.2) is 22.1 Å². The summed E-state index contributed by atoms with van der Waals surface area (Å²) in [4.78, 5) is 12.1. The predicted molar refractivity (Wildman–Crippen MR) is 73.9 cm³/mol. The topological polar surface area (TPSA) is 54.9 Å². The molecular formula is C15H17N3O. The largest absolute Gasteiger partial charge is 0.348 e. The second kappa shape index (κ2) is 5.34. The predicted octanol–water partition coefficient (Wildman–Crippen LogP) is 2.69. The van der Waals surface area contributed by atoms with E-state index >= 15 is 0 Å². The number of nitrogens with one attached hydrogen (secondary N) is 1. The second-order valence-electron chi connectivity index (χ2n) is 5.10. The zero-order chi connectivity index (χ0) is 13.1. The molecule has 0 aliphatic heterocycles. The molecule has 1 aromatic carbocycles. The summed E-state index contributed by atoms with van der Waals surface area (Å²) >= 11 is 0. The molecule has 1 aliphatic rings. The minimum absolute atomic E-state index is 0.106. The van der Waals surface area contributed by atoms with Gasteiger partial charge in [0.1, 0.15) is 0 Å². The fourth-order valence-corrected chi connectivity index (χ4v) is 2.60. The molecule has 0 saturated heterocycles. The number of carbonyl (C=O) groups is 1. The Morgan fingerprint density at radius 1 is 1.11 bits per heavy atom. The molecule has 0 radical (unpaired) electrons. The van der Waals surface area contributed by atoms with Gasteiger partial charge in [0.25, 0.3) is 5.91 Å². The van der Waals surface area contributed by atoms with Crippen molar-refractivity contribution in [2.75, 3.05) is 0 Å². The van der Waals surface area contributed by atoms with E-state index in [0.717, 1.165) is 23.7 Å². The van der Waals surface area contributed by atoms with Gasteiger partial charge in [0.05, 0.1) is 5.52 Å². The first-order valence-corrected chi connectivity index (χ1v) is 6.86. The monoisotopic (exact) mass is 255 g/mol. The molecule has 1 N–H and O–H groups in total. The molecule has 4 nitrogen and oxygen atoms in total. The van der Waals surface area contributed by atoms with Crippen LogP contribution in [0.1, 0.15) is 42.6 Å². The average Bonchev–Trinajstić information content (AvgIpc) is 2.48. The third-order valence-electron chi connectivity index (χ3n) is 3.67. The van der Waals surface area contributed by atoms with Crippen molar-refractivity contribution < 1.29 is 4.79 Å². The number of carbonyl (C=O) groups excluding carboxylic acids is 1. The molecule has 4 heteroatoms. The number of amides is 1. The molecule has 2 aromatic rings. The standard InChI is InChI=1S/C15H17N3O/c19-15(16-12-7-2-1-3-8-12)14-10-11-6-4-5-9-13(11)17-18-14/h4-6,9-10,12H,1-3,7-8H2,(H,16,19). The maximum atomic E-state index is 12.1. The Hall–Kier alpha value is -1.97. The van der Waals surface area contributed by atoms with Crippen LogP contribution < -0.4 is 5.32 Å². The molecule has 0 unspecified atom stereocenters. The van der Waals surface area contributed by atoms with Crippen molar-refractivity contribution in [2.45, 2.75) is 38.1 Å². The molecule has 0 spiro atoms. The number of aromatic nitrogens is 2. The lowest BCUT2D eigenvalue weighted by molar-refractivity contribution is 0.0922. The van der Waals surface area contributed by atoms with Crippen LogP contribution in [0.25, 0.3) is 10.9 Å². The number of hydrogen-bond acceptors (Lipinski definition) is 3. The molecule has 19 heavy (non-hydrogen) atoms. The highest BCUT2D eigenvalue weighted by Crippen LogP contribution is 2.18. The maximum absolute atomic E-state index is 12.1. The van der Waals surface area contributed by atoms with E-state index in [0.29, 0.717) is 11.7 Å². The number of benzene rings is 1. The maximum Gasteiger partial charge on any atom is 0.272 e. The van der Waals surface area contributed by atoms with E-state index in [9.17, 15) is 4.79 Å². The first-order valence-electron chi connectivity index (χ1n) is 6.86. The fraction of sp³-hybridized carbons (Fsp3) is 0.400. The van der Waals surface area contributed by atoms with Crippen LogP contribution in [0.2, 0.25) is 0 Å². The Labute approximate surface area is 112 Å². The molecule has 0 atom stereocenters. The molecule has 1 heterocycles. The lowest BCUT2D eigenvalue weighted by atomic mass is 9.95. The first-order chi connectivity index (χ1) is 9.33. The first kappa shape index (κ1) is 12.1. The van der Waals surface area contributed by atoms with Gasteiger partial charge in [-0.05, 0) is 25.0 Å². The lowest BCUT2D eigenvalue weighted by Gasteiger charge is -2.22. The van der Waals surface area contributed by atoms with Crippen molar-refractivity contribution in [3.63, 3.8) is 0 Å². The number of fused-ring (bicyclic) bond motifs is 1. The molecule has 0 bridgehead atoms. The van der Waals surface area contributed by atoms with Crippen molar-refractivity contribution >= 4 is 16.8 Å². The van der Waals surface area contributed by atoms with Crippen LogP contribution in [0.15, 0.2) is 30.3 Å². The molecule has 1 saturated carbocycles. The van der Waals surface area contributed by atoms with E-state index in [2.05, 4.69) is 15.5 Å². The van der Waals surface area contributed by atoms with E-state index < -0.39 is 0 Å². The van der Waals surface area contributed by atoms with Crippen molar-refractivity contribution in [2.24, 2.45) is 0 Å². The molecule has 1 fully saturated rings. The summed E-state index contributed by atoms with van der Waals surface area (Å²) in [6.07, 6.45) is 5.84. The summed E-state index contributed by atoms with van der Waals surface area (Å²) in [6.45, 7) is 0. The zero-order valence-corrected chi connectivity index (χ0v) is 10.8. The van der Waals surface area contributed by atoms with Gasteiger partial charge in [-0.1, -0.05) is 37.5 Å². The highest BCUT2D eigenvalue weighted by molar-refractivity contribution is 5.95. The van der Waals surface area contributed by atoms with Gasteiger partial charge in [-0.3, -0.25) is 4.79 Å². The average molecular weight is 255 g/mol. The number of hydrogen-bond donors (Lipinski definition) is 1. The Balaban J connectivity index is 1.77. The van der Waals surface area contributed by atoms with Gasteiger partial charge < -0.3 is 5.32 Å². The van der Waals surface area contributed by atoms with Crippen LogP contribution in [0, 0.1) is 0 Å². The SMILES string of the molecule is O=C(NC1CCCCC1)c1cc2ccccc2nn1. The highest BCUT2D eigenvalue weighted by atomic mass is 16.2. The van der Waals surface area contributed by atoms with Crippen LogP contribution >= 0.6 is 0 Å². The zero-order valence-electron chi connectivity index (χ0n) is 10.8. The molecule has 98 valence electrons. The van der Waals surface area contributed by atoms with Crippen molar-refractivity contribution in [1.82, 2.24) is 15.5 Å². The normalized spacial score (nSPS) is 16.4. The smallest absolute Gasteiger partial charge is 0.272 e. The van der Waals surface area contributed by atoms with Gasteiger partial charge in [-0.2, -0.15) is 0 Å². The van der Waals surface area contributed by atoms with Crippen LogP contribution in [0.5, 0.6) is 0 Å². The Morgan fingerprint density at radius 2 is 1.89 bits per heavy atom. The van der Waals surface area contributed by atoms with Crippen molar-refractivity contribution in [1.29, 1.82) is 0 Å². The van der Waals surface area contributed by atoms with Crippen LogP contribution in [-0.2, 0) is 0 Å². The molecule has 1 aliphatic carbocycles. The van der Waals surface area contributed by atoms with Crippen molar-refractivity contribution in [3.05, 3.63) is 36.0 Å². The van der Waals surface area contributed by atoms with Gasteiger partial charge in [-0.25, -0.2) is 0 Å². The summed E-state index contributed by atoms with van der Waals surface area (Å²) in [6, 6.07) is 9.80. The summed E-state index contributed by atoms with van der Waals surface area (Å²) in [5.41, 5.74) is 1.22. The third kappa shape index (κ3) is 2.72. The minimum Gasteiger partial charge on any atom is -0.348 e. The van der Waals surface area contributed by atoms with Gasteiger partial charge in [0.2, 0.25) is 0 Å². The highest BCUT2D eigenvalue weighted by Gasteiger charge is 2.17. The Morgan fingerprint density at radius 3 is 2.74 bits per heavy atom. The fourth-order valence-electron chi connectivity index (χ4n) is 2.60. The molecular weight excluding hydrogens is 238 g/mol. The van der Waals surface area contributed by atoms with E-state index in [1.165, 1.54) is 19.3 Å². The van der Waals surface area contributed by atoms with Crippen LogP contribution in [0.4, 0.5) is 0 Å². The number of nitrogens with zero attached hydrogens (tertiary/aromatic N) is 2. The minimum atomic E-state index is -0.106. The van der Waals surface area contributed by atoms with Gasteiger partial charge in [-0.15, -0.1) is 10.2 Å². The molecule has 1 amide bonds. The lowest BCUT2D eigenvalue weighted by Crippen LogP contribution is -2.36. The van der Waals surface area contributed by atoms with Crippen LogP contribution in [0.3, 0.4) is 0 Å². The van der Waals surface area contributed by atoms with E-state index in [1.807, 2.05) is 24.3 Å². The molecule has 3 rings (SSSR count). The summed E-state index contributed by atoms with van der Waals surface area (Å²) in [5.74, 6) is -0.106. The summed E-state index contributed by atoms with van der Waals surface area (Å²) < 4.78 is 0. The van der Waals surface area contributed by atoms with E-state index in [1.54, 1.807) is 6.07 Å². The van der Waals surface area contributed by atoms with E-state index in [-0.39, 0.29) is 5.91 Å². The third-order valence-corrected chi connectivity index (χ3v) is 3.67. The second-order valence-corrected chi connectivity index (χ2v) is 5.10. The Bertz CT molecular complexity index is 591.